The fourth-order valence-corrected chi connectivity index (χ4v) is 5.55. The molecule has 0 radical (unpaired) electrons. The predicted octanol–water partition coefficient (Wildman–Crippen LogP) is 5.98. The van der Waals surface area contributed by atoms with E-state index in [1.807, 2.05) is 59.3 Å². The van der Waals surface area contributed by atoms with E-state index in [-0.39, 0.29) is 12.1 Å². The van der Waals surface area contributed by atoms with Gasteiger partial charge in [-0.15, -0.1) is 11.8 Å². The van der Waals surface area contributed by atoms with Crippen LogP contribution < -0.4 is 0 Å². The van der Waals surface area contributed by atoms with Gasteiger partial charge in [0.2, 0.25) is 0 Å². The summed E-state index contributed by atoms with van der Waals surface area (Å²) in [5.74, 6) is 0. The van der Waals surface area contributed by atoms with Gasteiger partial charge in [-0.25, -0.2) is 9.78 Å². The monoisotopic (exact) mass is 396 g/mol. The maximum atomic E-state index is 12.8. The Morgan fingerprint density at radius 3 is 2.68 bits per heavy atom. The third-order valence-electron chi connectivity index (χ3n) is 5.68. The zero-order chi connectivity index (χ0) is 19.2. The molecule has 1 aliphatic heterocycles. The Kier molecular flexibility index (Phi) is 6.53. The highest BCUT2D eigenvalue weighted by Gasteiger charge is 2.33. The van der Waals surface area contributed by atoms with Crippen LogP contribution in [0, 0.1) is 0 Å². The van der Waals surface area contributed by atoms with Crippen LogP contribution in [0.2, 0.25) is 0 Å². The number of ether oxygens (including phenoxy) is 1. The second-order valence-corrected chi connectivity index (χ2v) is 8.96. The van der Waals surface area contributed by atoms with Crippen molar-refractivity contribution >= 4 is 17.9 Å². The predicted molar refractivity (Wildman–Crippen MR) is 112 cm³/mol. The number of thioether (sulfide) groups is 1. The van der Waals surface area contributed by atoms with Gasteiger partial charge in [0.05, 0.1) is 6.04 Å². The number of hydrogen-bond acceptors (Lipinski definition) is 4. The number of hydrogen-bond donors (Lipinski definition) is 0. The smallest absolute Gasteiger partial charge is 0.410 e. The van der Waals surface area contributed by atoms with Crippen LogP contribution in [0.15, 0.2) is 53.7 Å². The lowest BCUT2D eigenvalue weighted by atomic mass is 10.0. The fourth-order valence-electron chi connectivity index (χ4n) is 4.21. The van der Waals surface area contributed by atoms with Gasteiger partial charge in [0.15, 0.2) is 0 Å². The average Bonchev–Trinajstić information content (AvgIpc) is 3.24. The lowest BCUT2D eigenvalue weighted by Crippen LogP contribution is -2.31. The maximum Gasteiger partial charge on any atom is 0.410 e. The highest BCUT2D eigenvalue weighted by molar-refractivity contribution is 7.99. The normalized spacial score (nSPS) is 20.3. The van der Waals surface area contributed by atoms with E-state index in [0.717, 1.165) is 30.0 Å². The maximum absolute atomic E-state index is 12.8. The van der Waals surface area contributed by atoms with Crippen molar-refractivity contribution in [3.05, 3.63) is 59.8 Å². The van der Waals surface area contributed by atoms with Crippen LogP contribution in [0.5, 0.6) is 0 Å². The Morgan fingerprint density at radius 1 is 1.04 bits per heavy atom. The second-order valence-electron chi connectivity index (χ2n) is 7.67. The molecule has 2 aromatic rings. The first-order valence-corrected chi connectivity index (χ1v) is 11.3. The molecule has 1 aliphatic carbocycles. The number of benzene rings is 1. The van der Waals surface area contributed by atoms with Crippen LogP contribution in [-0.2, 0) is 11.3 Å². The lowest BCUT2D eigenvalue weighted by Gasteiger charge is -2.27. The molecular formula is C23H28N2O2S. The number of aromatic nitrogens is 1. The summed E-state index contributed by atoms with van der Waals surface area (Å²) >= 11 is 1.91. The summed E-state index contributed by atoms with van der Waals surface area (Å²) in [6.45, 7) is 1.07. The zero-order valence-electron chi connectivity index (χ0n) is 16.3. The van der Waals surface area contributed by atoms with Gasteiger partial charge in [0.1, 0.15) is 11.6 Å². The Morgan fingerprint density at radius 2 is 1.86 bits per heavy atom. The van der Waals surface area contributed by atoms with E-state index in [9.17, 15) is 4.79 Å². The van der Waals surface area contributed by atoms with Gasteiger partial charge in [0, 0.05) is 23.6 Å². The van der Waals surface area contributed by atoms with Gasteiger partial charge in [-0.1, -0.05) is 55.7 Å². The first kappa shape index (κ1) is 19.3. The van der Waals surface area contributed by atoms with E-state index in [1.165, 1.54) is 37.7 Å². The van der Waals surface area contributed by atoms with E-state index in [1.54, 1.807) is 0 Å². The average molecular weight is 397 g/mol. The summed E-state index contributed by atoms with van der Waals surface area (Å²) < 4.78 is 5.61. The van der Waals surface area contributed by atoms with Crippen LogP contribution >= 0.6 is 11.8 Å². The standard InChI is InChI=1S/C23H28N2O2S/c26-23(27-17-18-9-3-1-4-10-18)25-16-8-14-21(25)20-13-7-15-24-22(20)28-19-11-5-2-6-12-19/h1,3-4,7,9-10,13,15,19,21H,2,5-6,8,11-12,14,16-17H2. The molecule has 0 N–H and O–H groups in total. The molecule has 4 nitrogen and oxygen atoms in total. The number of carbonyl (C=O) groups is 1. The van der Waals surface area contributed by atoms with Crippen molar-refractivity contribution in [2.75, 3.05) is 6.54 Å². The van der Waals surface area contributed by atoms with Crippen LogP contribution in [0.4, 0.5) is 4.79 Å². The van der Waals surface area contributed by atoms with E-state index in [2.05, 4.69) is 11.1 Å². The summed E-state index contributed by atoms with van der Waals surface area (Å²) in [4.78, 5) is 19.4. The molecule has 4 rings (SSSR count). The molecule has 1 saturated carbocycles. The minimum absolute atomic E-state index is 0.0723. The molecule has 2 heterocycles. The molecule has 28 heavy (non-hydrogen) atoms. The Balaban J connectivity index is 1.44. The molecule has 1 amide bonds. The van der Waals surface area contributed by atoms with E-state index < -0.39 is 0 Å². The van der Waals surface area contributed by atoms with Crippen molar-refractivity contribution in [2.45, 2.75) is 67.9 Å². The molecule has 1 aromatic heterocycles. The van der Waals surface area contributed by atoms with E-state index >= 15 is 0 Å². The van der Waals surface area contributed by atoms with Crippen molar-refractivity contribution in [1.82, 2.24) is 9.88 Å². The lowest BCUT2D eigenvalue weighted by molar-refractivity contribution is 0.0916. The van der Waals surface area contributed by atoms with Gasteiger partial charge in [-0.2, -0.15) is 0 Å². The summed E-state index contributed by atoms with van der Waals surface area (Å²) in [5.41, 5.74) is 2.20. The number of pyridine rings is 1. The minimum atomic E-state index is -0.219. The third-order valence-corrected chi connectivity index (χ3v) is 7.05. The van der Waals surface area contributed by atoms with E-state index in [4.69, 9.17) is 4.74 Å². The van der Waals surface area contributed by atoms with Crippen LogP contribution in [-0.4, -0.2) is 27.8 Å². The van der Waals surface area contributed by atoms with Crippen molar-refractivity contribution in [2.24, 2.45) is 0 Å². The highest BCUT2D eigenvalue weighted by Crippen LogP contribution is 2.40. The quantitative estimate of drug-likeness (QED) is 0.623. The van der Waals surface area contributed by atoms with Gasteiger partial charge in [0.25, 0.3) is 0 Å². The molecule has 1 unspecified atom stereocenters. The molecule has 1 saturated heterocycles. The van der Waals surface area contributed by atoms with Gasteiger partial charge in [-0.3, -0.25) is 0 Å². The number of rotatable bonds is 5. The molecule has 5 heteroatoms. The first-order valence-electron chi connectivity index (χ1n) is 10.4. The molecule has 1 atom stereocenters. The first-order chi connectivity index (χ1) is 13.8. The van der Waals surface area contributed by atoms with Gasteiger partial charge in [-0.05, 0) is 37.3 Å². The third kappa shape index (κ3) is 4.69. The SMILES string of the molecule is O=C(OCc1ccccc1)N1CCCC1c1cccnc1SC1CCCCC1. The number of nitrogens with zero attached hydrogens (tertiary/aromatic N) is 2. The largest absolute Gasteiger partial charge is 0.445 e. The molecular weight excluding hydrogens is 368 g/mol. The number of amides is 1. The van der Waals surface area contributed by atoms with Crippen molar-refractivity contribution in [3.63, 3.8) is 0 Å². The van der Waals surface area contributed by atoms with Crippen molar-refractivity contribution in [1.29, 1.82) is 0 Å². The number of likely N-dealkylation sites (tertiary alicyclic amines) is 1. The summed E-state index contributed by atoms with van der Waals surface area (Å²) in [6, 6.07) is 14.1. The molecule has 0 spiro atoms. The Hall–Kier alpha value is -2.01. The molecule has 0 bridgehead atoms. The molecule has 148 valence electrons. The molecule has 2 aliphatic rings. The van der Waals surface area contributed by atoms with Gasteiger partial charge >= 0.3 is 6.09 Å². The van der Waals surface area contributed by atoms with Crippen molar-refractivity contribution in [3.8, 4) is 0 Å². The number of carbonyl (C=O) groups excluding carboxylic acids is 1. The summed E-state index contributed by atoms with van der Waals surface area (Å²) in [5, 5.41) is 1.75. The molecule has 1 aromatic carbocycles. The van der Waals surface area contributed by atoms with Crippen LogP contribution in [0.1, 0.15) is 62.1 Å². The zero-order valence-corrected chi connectivity index (χ0v) is 17.1. The highest BCUT2D eigenvalue weighted by atomic mass is 32.2. The summed E-state index contributed by atoms with van der Waals surface area (Å²) in [6.07, 6.45) is 10.2. The molecule has 2 fully saturated rings. The fraction of sp³-hybridized carbons (Fsp3) is 0.478. The topological polar surface area (TPSA) is 42.4 Å². The van der Waals surface area contributed by atoms with Gasteiger partial charge < -0.3 is 9.64 Å². The van der Waals surface area contributed by atoms with Crippen LogP contribution in [0.3, 0.4) is 0 Å². The van der Waals surface area contributed by atoms with Crippen LogP contribution in [0.25, 0.3) is 0 Å². The second kappa shape index (κ2) is 9.46. The van der Waals surface area contributed by atoms with E-state index in [0.29, 0.717) is 11.9 Å². The summed E-state index contributed by atoms with van der Waals surface area (Å²) in [7, 11) is 0. The Bertz CT molecular complexity index is 777. The minimum Gasteiger partial charge on any atom is -0.445 e. The Labute approximate surface area is 171 Å². The van der Waals surface area contributed by atoms with Crippen molar-refractivity contribution < 1.29 is 9.53 Å².